The van der Waals surface area contributed by atoms with Gasteiger partial charge in [-0.15, -0.1) is 0 Å². The number of carbonyl (C=O) groups excluding carboxylic acids is 2. The fraction of sp³-hybridized carbons (Fsp3) is 0.214. The number of ketones is 1. The summed E-state index contributed by atoms with van der Waals surface area (Å²) in [5.74, 6) is -0.295. The highest BCUT2D eigenvalue weighted by atomic mass is 79.9. The Morgan fingerprint density at radius 3 is 2.21 bits per heavy atom. The quantitative estimate of drug-likeness (QED) is 0.283. The number of halogens is 1. The summed E-state index contributed by atoms with van der Waals surface area (Å²) < 4.78 is 2.99. The Morgan fingerprint density at radius 1 is 0.939 bits per heavy atom. The molecule has 1 amide bonds. The predicted molar refractivity (Wildman–Crippen MR) is 137 cm³/mol. The molecule has 0 saturated carbocycles. The number of aromatic nitrogens is 1. The molecule has 0 radical (unpaired) electrons. The lowest BCUT2D eigenvalue weighted by Gasteiger charge is -2.24. The second-order valence-electron chi connectivity index (χ2n) is 8.99. The topological polar surface area (TPSA) is 65.1 Å². The SMILES string of the molecule is CC(C)(Cn1c(-c2ccccc2)c(C(=O)CCc2ccccc2)c2ccc(Br)cc21)C(N)=O. The van der Waals surface area contributed by atoms with Gasteiger partial charge < -0.3 is 10.3 Å². The van der Waals surface area contributed by atoms with Crippen molar-refractivity contribution in [2.75, 3.05) is 0 Å². The lowest BCUT2D eigenvalue weighted by atomic mass is 9.92. The van der Waals surface area contributed by atoms with E-state index in [0.29, 0.717) is 24.9 Å². The number of amides is 1. The van der Waals surface area contributed by atoms with E-state index >= 15 is 0 Å². The second-order valence-corrected chi connectivity index (χ2v) is 9.91. The zero-order valence-corrected chi connectivity index (χ0v) is 20.4. The van der Waals surface area contributed by atoms with Crippen molar-refractivity contribution < 1.29 is 9.59 Å². The predicted octanol–water partition coefficient (Wildman–Crippen LogP) is 6.40. The third-order valence-corrected chi connectivity index (χ3v) is 6.55. The van der Waals surface area contributed by atoms with Crippen molar-refractivity contribution in [3.05, 3.63) is 94.5 Å². The maximum Gasteiger partial charge on any atom is 0.224 e. The zero-order chi connectivity index (χ0) is 23.6. The molecule has 0 aliphatic rings. The summed E-state index contributed by atoms with van der Waals surface area (Å²) in [6.07, 6.45) is 1.07. The monoisotopic (exact) mass is 502 g/mol. The summed E-state index contributed by atoms with van der Waals surface area (Å²) >= 11 is 3.57. The molecule has 1 heterocycles. The molecule has 0 fully saturated rings. The Kier molecular flexibility index (Phi) is 6.52. The van der Waals surface area contributed by atoms with Crippen molar-refractivity contribution in [1.29, 1.82) is 0 Å². The minimum Gasteiger partial charge on any atom is -0.369 e. The minimum absolute atomic E-state index is 0.0839. The van der Waals surface area contributed by atoms with Crippen LogP contribution in [-0.2, 0) is 17.8 Å². The molecule has 0 aliphatic heterocycles. The molecule has 33 heavy (non-hydrogen) atoms. The Bertz CT molecular complexity index is 1310. The lowest BCUT2D eigenvalue weighted by Crippen LogP contribution is -2.35. The van der Waals surface area contributed by atoms with Crippen LogP contribution in [0.4, 0.5) is 0 Å². The first-order valence-electron chi connectivity index (χ1n) is 11.0. The van der Waals surface area contributed by atoms with Gasteiger partial charge in [-0.2, -0.15) is 0 Å². The number of fused-ring (bicyclic) bond motifs is 1. The van der Waals surface area contributed by atoms with E-state index in [1.54, 1.807) is 0 Å². The van der Waals surface area contributed by atoms with E-state index in [-0.39, 0.29) is 11.7 Å². The highest BCUT2D eigenvalue weighted by Crippen LogP contribution is 2.38. The van der Waals surface area contributed by atoms with Crippen LogP contribution in [0.25, 0.3) is 22.2 Å². The van der Waals surface area contributed by atoms with Gasteiger partial charge in [0.1, 0.15) is 0 Å². The van der Waals surface area contributed by atoms with Crippen molar-refractivity contribution in [1.82, 2.24) is 4.57 Å². The molecular formula is C28H27BrN2O2. The maximum absolute atomic E-state index is 13.7. The van der Waals surface area contributed by atoms with Gasteiger partial charge in [0.15, 0.2) is 5.78 Å². The summed E-state index contributed by atoms with van der Waals surface area (Å²) in [4.78, 5) is 25.9. The van der Waals surface area contributed by atoms with Crippen LogP contribution in [0, 0.1) is 5.41 Å². The lowest BCUT2D eigenvalue weighted by molar-refractivity contribution is -0.126. The molecule has 4 rings (SSSR count). The molecule has 0 atom stereocenters. The fourth-order valence-corrected chi connectivity index (χ4v) is 4.51. The number of hydrogen-bond acceptors (Lipinski definition) is 2. The summed E-state index contributed by atoms with van der Waals surface area (Å²) in [6, 6.07) is 25.9. The van der Waals surface area contributed by atoms with Gasteiger partial charge in [0.2, 0.25) is 5.91 Å². The molecule has 1 aromatic heterocycles. The van der Waals surface area contributed by atoms with Crippen LogP contribution in [-0.4, -0.2) is 16.3 Å². The van der Waals surface area contributed by atoms with Crippen LogP contribution in [0.3, 0.4) is 0 Å². The van der Waals surface area contributed by atoms with E-state index in [4.69, 9.17) is 5.73 Å². The van der Waals surface area contributed by atoms with Crippen LogP contribution in [0.5, 0.6) is 0 Å². The van der Waals surface area contributed by atoms with Crippen LogP contribution in [0.2, 0.25) is 0 Å². The van der Waals surface area contributed by atoms with Gasteiger partial charge >= 0.3 is 0 Å². The number of nitrogens with two attached hydrogens (primary N) is 1. The molecule has 4 aromatic rings. The van der Waals surface area contributed by atoms with Gasteiger partial charge in [0.25, 0.3) is 0 Å². The summed E-state index contributed by atoms with van der Waals surface area (Å²) in [7, 11) is 0. The van der Waals surface area contributed by atoms with E-state index in [9.17, 15) is 9.59 Å². The Balaban J connectivity index is 1.91. The van der Waals surface area contributed by atoms with Crippen molar-refractivity contribution in [2.24, 2.45) is 11.1 Å². The molecule has 5 heteroatoms. The first-order chi connectivity index (χ1) is 15.8. The molecule has 168 valence electrons. The van der Waals surface area contributed by atoms with Crippen LogP contribution < -0.4 is 5.73 Å². The van der Waals surface area contributed by atoms with Crippen LogP contribution >= 0.6 is 15.9 Å². The number of rotatable bonds is 8. The summed E-state index contributed by atoms with van der Waals surface area (Å²) in [6.45, 7) is 4.04. The number of benzene rings is 3. The average Bonchev–Trinajstić information content (AvgIpc) is 3.11. The molecule has 0 saturated heterocycles. The molecular weight excluding hydrogens is 476 g/mol. The number of primary amides is 1. The highest BCUT2D eigenvalue weighted by molar-refractivity contribution is 9.10. The number of aryl methyl sites for hydroxylation is 1. The average molecular weight is 503 g/mol. The molecule has 4 nitrogen and oxygen atoms in total. The zero-order valence-electron chi connectivity index (χ0n) is 18.8. The Morgan fingerprint density at radius 2 is 1.58 bits per heavy atom. The normalized spacial score (nSPS) is 11.6. The third-order valence-electron chi connectivity index (χ3n) is 6.06. The summed E-state index contributed by atoms with van der Waals surface area (Å²) in [5.41, 5.74) is 9.44. The van der Waals surface area contributed by atoms with Crippen LogP contribution in [0.15, 0.2) is 83.3 Å². The van der Waals surface area contributed by atoms with Gasteiger partial charge in [-0.05, 0) is 43.5 Å². The van der Waals surface area contributed by atoms with Crippen molar-refractivity contribution >= 4 is 38.5 Å². The van der Waals surface area contributed by atoms with E-state index in [1.807, 2.05) is 92.7 Å². The molecule has 0 aliphatic carbocycles. The summed E-state index contributed by atoms with van der Waals surface area (Å²) in [5, 5.41) is 0.885. The fourth-order valence-electron chi connectivity index (χ4n) is 4.17. The van der Waals surface area contributed by atoms with Gasteiger partial charge in [-0.1, -0.05) is 82.7 Å². The molecule has 3 aromatic carbocycles. The van der Waals surface area contributed by atoms with E-state index in [0.717, 1.165) is 32.2 Å². The van der Waals surface area contributed by atoms with Crippen molar-refractivity contribution in [2.45, 2.75) is 33.2 Å². The first kappa shape index (κ1) is 23.0. The first-order valence-corrected chi connectivity index (χ1v) is 11.8. The van der Waals surface area contributed by atoms with E-state index in [1.165, 1.54) is 0 Å². The van der Waals surface area contributed by atoms with Gasteiger partial charge in [0, 0.05) is 22.8 Å². The largest absolute Gasteiger partial charge is 0.369 e. The van der Waals surface area contributed by atoms with E-state index < -0.39 is 5.41 Å². The van der Waals surface area contributed by atoms with Gasteiger partial charge in [-0.3, -0.25) is 9.59 Å². The molecule has 0 spiro atoms. The second kappa shape index (κ2) is 9.36. The Hall–Kier alpha value is -3.18. The number of carbonyl (C=O) groups is 2. The van der Waals surface area contributed by atoms with Crippen LogP contribution in [0.1, 0.15) is 36.2 Å². The number of Topliss-reactive ketones (excluding diaryl/α,β-unsaturated/α-hetero) is 1. The molecule has 2 N–H and O–H groups in total. The van der Waals surface area contributed by atoms with Gasteiger partial charge in [0.05, 0.1) is 22.2 Å². The minimum atomic E-state index is -0.790. The van der Waals surface area contributed by atoms with Crippen molar-refractivity contribution in [3.63, 3.8) is 0 Å². The third kappa shape index (κ3) is 4.79. The molecule has 0 bridgehead atoms. The number of hydrogen-bond donors (Lipinski definition) is 1. The van der Waals surface area contributed by atoms with E-state index in [2.05, 4.69) is 20.5 Å². The molecule has 0 unspecified atom stereocenters. The standard InChI is InChI=1S/C28H27BrN2O2/c1-28(2,27(30)33)18-31-23-17-21(29)14-15-22(23)25(26(31)20-11-7-4-8-12-20)24(32)16-13-19-9-5-3-6-10-19/h3-12,14-15,17H,13,16,18H2,1-2H3,(H2,30,33). The Labute approximate surface area is 202 Å². The smallest absolute Gasteiger partial charge is 0.224 e. The number of nitrogens with zero attached hydrogens (tertiary/aromatic N) is 1. The van der Waals surface area contributed by atoms with Gasteiger partial charge in [-0.25, -0.2) is 0 Å². The van der Waals surface area contributed by atoms with Crippen molar-refractivity contribution in [3.8, 4) is 11.3 Å². The highest BCUT2D eigenvalue weighted by Gasteiger charge is 2.30. The maximum atomic E-state index is 13.7.